The lowest BCUT2D eigenvalue weighted by Gasteiger charge is -2.16. The molecule has 3 nitrogen and oxygen atoms in total. The number of carbonyl (C=O) groups is 1. The summed E-state index contributed by atoms with van der Waals surface area (Å²) in [7, 11) is 2.00. The smallest absolute Gasteiger partial charge is 0.254 e. The van der Waals surface area contributed by atoms with Gasteiger partial charge in [-0.25, -0.2) is 8.78 Å². The summed E-state index contributed by atoms with van der Waals surface area (Å²) in [5.41, 5.74) is 0.962. The average molecular weight is 318 g/mol. The van der Waals surface area contributed by atoms with E-state index < -0.39 is 17.5 Å². The van der Waals surface area contributed by atoms with Crippen molar-refractivity contribution < 1.29 is 13.6 Å². The summed E-state index contributed by atoms with van der Waals surface area (Å²) in [5, 5.41) is 2.61. The van der Waals surface area contributed by atoms with Gasteiger partial charge in [0.15, 0.2) is 0 Å². The molecular formula is C18H20F2N2O. The van der Waals surface area contributed by atoms with Crippen LogP contribution in [0.3, 0.4) is 0 Å². The molecule has 0 radical (unpaired) electrons. The summed E-state index contributed by atoms with van der Waals surface area (Å²) in [4.78, 5) is 14.0. The molecule has 0 aliphatic heterocycles. The third-order valence-corrected chi connectivity index (χ3v) is 3.47. The standard InChI is InChI=1S/C18H20F2N2O/c1-22(13-14-6-3-2-4-7-14)11-5-10-21-18(23)16-12-15(19)8-9-17(16)20/h2-4,6-9,12H,5,10-11,13H2,1H3,(H,21,23). The number of hydrogen-bond donors (Lipinski definition) is 1. The largest absolute Gasteiger partial charge is 0.352 e. The summed E-state index contributed by atoms with van der Waals surface area (Å²) in [6, 6.07) is 12.9. The van der Waals surface area contributed by atoms with E-state index in [1.165, 1.54) is 5.56 Å². The Bertz CT molecular complexity index is 647. The van der Waals surface area contributed by atoms with Crippen LogP contribution in [0.25, 0.3) is 0 Å². The van der Waals surface area contributed by atoms with E-state index in [1.54, 1.807) is 0 Å². The highest BCUT2D eigenvalue weighted by atomic mass is 19.1. The Morgan fingerprint density at radius 3 is 2.61 bits per heavy atom. The monoisotopic (exact) mass is 318 g/mol. The maximum atomic E-state index is 13.5. The van der Waals surface area contributed by atoms with E-state index in [1.807, 2.05) is 25.2 Å². The number of benzene rings is 2. The first kappa shape index (κ1) is 17.1. The quantitative estimate of drug-likeness (QED) is 0.795. The molecule has 2 rings (SSSR count). The lowest BCUT2D eigenvalue weighted by molar-refractivity contribution is 0.0947. The highest BCUT2D eigenvalue weighted by molar-refractivity contribution is 5.94. The van der Waals surface area contributed by atoms with E-state index in [4.69, 9.17) is 0 Å². The number of halogens is 2. The van der Waals surface area contributed by atoms with Crippen molar-refractivity contribution in [3.05, 3.63) is 71.3 Å². The van der Waals surface area contributed by atoms with Crippen LogP contribution in [-0.2, 0) is 6.54 Å². The van der Waals surface area contributed by atoms with Crippen LogP contribution in [0, 0.1) is 11.6 Å². The molecule has 5 heteroatoms. The second-order valence-electron chi connectivity index (χ2n) is 5.46. The van der Waals surface area contributed by atoms with Gasteiger partial charge in [0, 0.05) is 13.1 Å². The van der Waals surface area contributed by atoms with Crippen molar-refractivity contribution in [1.82, 2.24) is 10.2 Å². The van der Waals surface area contributed by atoms with Gasteiger partial charge in [-0.15, -0.1) is 0 Å². The Morgan fingerprint density at radius 2 is 1.87 bits per heavy atom. The van der Waals surface area contributed by atoms with E-state index in [-0.39, 0.29) is 5.56 Å². The van der Waals surface area contributed by atoms with Crippen molar-refractivity contribution in [2.45, 2.75) is 13.0 Å². The third kappa shape index (κ3) is 5.45. The Balaban J connectivity index is 1.72. The van der Waals surface area contributed by atoms with Gasteiger partial charge in [-0.3, -0.25) is 4.79 Å². The summed E-state index contributed by atoms with van der Waals surface area (Å²) in [5.74, 6) is -1.93. The first-order valence-electron chi connectivity index (χ1n) is 7.52. The van der Waals surface area contributed by atoms with E-state index in [2.05, 4.69) is 22.3 Å². The van der Waals surface area contributed by atoms with E-state index in [9.17, 15) is 13.6 Å². The van der Waals surface area contributed by atoms with Crippen molar-refractivity contribution >= 4 is 5.91 Å². The highest BCUT2D eigenvalue weighted by Gasteiger charge is 2.12. The van der Waals surface area contributed by atoms with Crippen LogP contribution < -0.4 is 5.32 Å². The molecule has 0 saturated heterocycles. The molecule has 0 fully saturated rings. The van der Waals surface area contributed by atoms with Gasteiger partial charge >= 0.3 is 0 Å². The molecule has 2 aromatic rings. The van der Waals surface area contributed by atoms with Crippen LogP contribution in [0.2, 0.25) is 0 Å². The van der Waals surface area contributed by atoms with Gasteiger partial charge < -0.3 is 10.2 Å². The Morgan fingerprint density at radius 1 is 1.13 bits per heavy atom. The molecule has 23 heavy (non-hydrogen) atoms. The van der Waals surface area contributed by atoms with Crippen LogP contribution in [0.1, 0.15) is 22.3 Å². The molecule has 0 aliphatic carbocycles. The number of carbonyl (C=O) groups excluding carboxylic acids is 1. The summed E-state index contributed by atoms with van der Waals surface area (Å²) in [6.45, 7) is 2.03. The van der Waals surface area contributed by atoms with Gasteiger partial charge in [0.25, 0.3) is 5.91 Å². The second-order valence-corrected chi connectivity index (χ2v) is 5.46. The maximum absolute atomic E-state index is 13.5. The maximum Gasteiger partial charge on any atom is 0.254 e. The number of rotatable bonds is 7. The lowest BCUT2D eigenvalue weighted by atomic mass is 10.2. The molecule has 0 saturated carbocycles. The fourth-order valence-corrected chi connectivity index (χ4v) is 2.29. The molecule has 0 aromatic heterocycles. The van der Waals surface area contributed by atoms with Crippen molar-refractivity contribution in [2.24, 2.45) is 0 Å². The molecular weight excluding hydrogens is 298 g/mol. The minimum atomic E-state index is -0.718. The topological polar surface area (TPSA) is 32.3 Å². The van der Waals surface area contributed by atoms with Crippen molar-refractivity contribution in [2.75, 3.05) is 20.1 Å². The minimum Gasteiger partial charge on any atom is -0.352 e. The van der Waals surface area contributed by atoms with E-state index in [0.29, 0.717) is 6.54 Å². The Labute approximate surface area is 134 Å². The van der Waals surface area contributed by atoms with Gasteiger partial charge in [0.1, 0.15) is 11.6 Å². The molecule has 0 atom stereocenters. The zero-order chi connectivity index (χ0) is 16.7. The van der Waals surface area contributed by atoms with Gasteiger partial charge in [0.2, 0.25) is 0 Å². The molecule has 122 valence electrons. The van der Waals surface area contributed by atoms with Crippen molar-refractivity contribution in [3.8, 4) is 0 Å². The number of nitrogens with one attached hydrogen (secondary N) is 1. The predicted octanol–water partition coefficient (Wildman–Crippen LogP) is 3.22. The molecule has 0 aliphatic rings. The first-order valence-corrected chi connectivity index (χ1v) is 7.52. The second kappa shape index (κ2) is 8.39. The summed E-state index contributed by atoms with van der Waals surface area (Å²) in [6.07, 6.45) is 0.728. The zero-order valence-electron chi connectivity index (χ0n) is 13.1. The normalized spacial score (nSPS) is 10.8. The van der Waals surface area contributed by atoms with Crippen molar-refractivity contribution in [1.29, 1.82) is 0 Å². The van der Waals surface area contributed by atoms with Crippen LogP contribution in [0.4, 0.5) is 8.78 Å². The minimum absolute atomic E-state index is 0.261. The van der Waals surface area contributed by atoms with Gasteiger partial charge in [-0.2, -0.15) is 0 Å². The fraction of sp³-hybridized carbons (Fsp3) is 0.278. The molecule has 1 amide bonds. The number of nitrogens with zero attached hydrogens (tertiary/aromatic N) is 1. The average Bonchev–Trinajstić information content (AvgIpc) is 2.54. The lowest BCUT2D eigenvalue weighted by Crippen LogP contribution is -2.28. The SMILES string of the molecule is CN(CCCNC(=O)c1cc(F)ccc1F)Cc1ccccc1. The van der Waals surface area contributed by atoms with Gasteiger partial charge in [-0.1, -0.05) is 30.3 Å². The molecule has 0 unspecified atom stereocenters. The Hall–Kier alpha value is -2.27. The fourth-order valence-electron chi connectivity index (χ4n) is 2.29. The highest BCUT2D eigenvalue weighted by Crippen LogP contribution is 2.09. The molecule has 0 bridgehead atoms. The van der Waals surface area contributed by atoms with Gasteiger partial charge in [0.05, 0.1) is 5.56 Å². The van der Waals surface area contributed by atoms with E-state index >= 15 is 0 Å². The van der Waals surface area contributed by atoms with Crippen LogP contribution in [0.5, 0.6) is 0 Å². The zero-order valence-corrected chi connectivity index (χ0v) is 13.1. The molecule has 1 N–H and O–H groups in total. The van der Waals surface area contributed by atoms with E-state index in [0.717, 1.165) is 37.7 Å². The third-order valence-electron chi connectivity index (χ3n) is 3.47. The summed E-state index contributed by atoms with van der Waals surface area (Å²) < 4.78 is 26.5. The number of amides is 1. The van der Waals surface area contributed by atoms with Crippen molar-refractivity contribution in [3.63, 3.8) is 0 Å². The molecule has 2 aromatic carbocycles. The van der Waals surface area contributed by atoms with Gasteiger partial charge in [-0.05, 0) is 43.8 Å². The predicted molar refractivity (Wildman–Crippen MR) is 86.1 cm³/mol. The van der Waals surface area contributed by atoms with Crippen LogP contribution in [-0.4, -0.2) is 30.9 Å². The van der Waals surface area contributed by atoms with Crippen LogP contribution in [0.15, 0.2) is 48.5 Å². The Kier molecular flexibility index (Phi) is 6.23. The summed E-state index contributed by atoms with van der Waals surface area (Å²) >= 11 is 0. The number of hydrogen-bond acceptors (Lipinski definition) is 2. The first-order chi connectivity index (χ1) is 11.1. The molecule has 0 spiro atoms. The van der Waals surface area contributed by atoms with Crippen LogP contribution >= 0.6 is 0 Å². The molecule has 0 heterocycles.